The lowest BCUT2D eigenvalue weighted by molar-refractivity contribution is -0.0440. The lowest BCUT2D eigenvalue weighted by Gasteiger charge is -2.34. The van der Waals surface area contributed by atoms with Gasteiger partial charge in [0, 0.05) is 25.8 Å². The van der Waals surface area contributed by atoms with E-state index in [1.807, 2.05) is 20.8 Å². The molecule has 1 aliphatic heterocycles. The predicted octanol–water partition coefficient (Wildman–Crippen LogP) is 1.96. The number of anilines is 1. The highest BCUT2D eigenvalue weighted by Gasteiger charge is 2.32. The van der Waals surface area contributed by atoms with E-state index < -0.39 is 10.0 Å². The molecule has 2 heterocycles. The molecule has 2 rings (SSSR count). The number of nitrogens with one attached hydrogen (secondary N) is 1. The van der Waals surface area contributed by atoms with Crippen molar-refractivity contribution >= 4 is 27.4 Å². The minimum atomic E-state index is -3.60. The molecule has 2 atom stereocenters. The molecule has 1 fully saturated rings. The Labute approximate surface area is 130 Å². The molecule has 2 unspecified atom stereocenters. The number of pyridine rings is 1. The Balaban J connectivity index is 2.29. The van der Waals surface area contributed by atoms with Gasteiger partial charge in [-0.25, -0.2) is 13.4 Å². The molecule has 0 aromatic carbocycles. The van der Waals surface area contributed by atoms with Crippen molar-refractivity contribution in [3.63, 3.8) is 0 Å². The average molecular weight is 334 g/mol. The Hall–Kier alpha value is -0.890. The van der Waals surface area contributed by atoms with Crippen LogP contribution in [0.3, 0.4) is 0 Å². The van der Waals surface area contributed by atoms with Crippen LogP contribution in [-0.2, 0) is 14.8 Å². The van der Waals surface area contributed by atoms with E-state index in [1.54, 1.807) is 0 Å². The summed E-state index contributed by atoms with van der Waals surface area (Å²) in [5, 5.41) is 3.28. The molecule has 0 aliphatic carbocycles. The largest absolute Gasteiger partial charge is 0.373 e. The van der Waals surface area contributed by atoms with Crippen LogP contribution in [0.1, 0.15) is 20.8 Å². The molecule has 1 aromatic heterocycles. The number of sulfonamides is 1. The first-order valence-electron chi connectivity index (χ1n) is 6.89. The number of halogens is 1. The summed E-state index contributed by atoms with van der Waals surface area (Å²) in [6, 6.07) is 1.44. The monoisotopic (exact) mass is 333 g/mol. The van der Waals surface area contributed by atoms with Gasteiger partial charge in [0.15, 0.2) is 0 Å². The van der Waals surface area contributed by atoms with Gasteiger partial charge in [-0.1, -0.05) is 11.6 Å². The highest BCUT2D eigenvalue weighted by molar-refractivity contribution is 7.89. The van der Waals surface area contributed by atoms with Crippen LogP contribution in [0.25, 0.3) is 0 Å². The second kappa shape index (κ2) is 6.48. The van der Waals surface area contributed by atoms with Gasteiger partial charge >= 0.3 is 0 Å². The van der Waals surface area contributed by atoms with Gasteiger partial charge in [0.25, 0.3) is 0 Å². The lowest BCUT2D eigenvalue weighted by atomic mass is 10.3. The number of aromatic nitrogens is 1. The molecular formula is C13H20ClN3O3S. The number of hydrogen-bond acceptors (Lipinski definition) is 5. The SMILES string of the molecule is CCNc1ncc(S(=O)(=O)N2CC(C)OC(C)C2)cc1Cl. The first-order chi connectivity index (χ1) is 9.84. The van der Waals surface area contributed by atoms with Gasteiger partial charge in [-0.3, -0.25) is 0 Å². The topological polar surface area (TPSA) is 71.5 Å². The molecule has 0 bridgehead atoms. The molecule has 0 spiro atoms. The maximum absolute atomic E-state index is 12.7. The quantitative estimate of drug-likeness (QED) is 0.912. The molecule has 0 radical (unpaired) electrons. The third kappa shape index (κ3) is 3.66. The lowest BCUT2D eigenvalue weighted by Crippen LogP contribution is -2.48. The zero-order valence-corrected chi connectivity index (χ0v) is 13.9. The second-order valence-corrected chi connectivity index (χ2v) is 7.46. The Morgan fingerprint density at radius 3 is 2.57 bits per heavy atom. The molecule has 1 aliphatic rings. The van der Waals surface area contributed by atoms with Crippen LogP contribution in [0.4, 0.5) is 5.82 Å². The van der Waals surface area contributed by atoms with Crippen LogP contribution in [0.2, 0.25) is 5.02 Å². The van der Waals surface area contributed by atoms with Crippen molar-refractivity contribution in [3.8, 4) is 0 Å². The van der Waals surface area contributed by atoms with E-state index in [1.165, 1.54) is 16.6 Å². The first kappa shape index (κ1) is 16.5. The zero-order chi connectivity index (χ0) is 15.6. The van der Waals surface area contributed by atoms with E-state index in [4.69, 9.17) is 16.3 Å². The van der Waals surface area contributed by atoms with Gasteiger partial charge in [0.1, 0.15) is 10.7 Å². The fourth-order valence-corrected chi connectivity index (χ4v) is 4.20. The number of hydrogen-bond donors (Lipinski definition) is 1. The van der Waals surface area contributed by atoms with Crippen LogP contribution in [0.5, 0.6) is 0 Å². The minimum absolute atomic E-state index is 0.107. The molecule has 0 amide bonds. The first-order valence-corrected chi connectivity index (χ1v) is 8.71. The maximum Gasteiger partial charge on any atom is 0.244 e. The van der Waals surface area contributed by atoms with Crippen molar-refractivity contribution in [2.75, 3.05) is 25.0 Å². The predicted molar refractivity (Wildman–Crippen MR) is 82.2 cm³/mol. The third-order valence-electron chi connectivity index (χ3n) is 3.18. The molecule has 0 saturated carbocycles. The van der Waals surface area contributed by atoms with Crippen molar-refractivity contribution in [1.82, 2.24) is 9.29 Å². The number of morpholine rings is 1. The van der Waals surface area contributed by atoms with Crippen LogP contribution in [0.15, 0.2) is 17.2 Å². The van der Waals surface area contributed by atoms with Crippen molar-refractivity contribution < 1.29 is 13.2 Å². The summed E-state index contributed by atoms with van der Waals surface area (Å²) in [6.07, 6.45) is 1.07. The average Bonchev–Trinajstić information content (AvgIpc) is 2.40. The normalized spacial score (nSPS) is 24.0. The Bertz CT molecular complexity index is 599. The van der Waals surface area contributed by atoms with E-state index in [0.717, 1.165) is 0 Å². The van der Waals surface area contributed by atoms with Gasteiger partial charge in [-0.2, -0.15) is 4.31 Å². The molecule has 118 valence electrons. The number of ether oxygens (including phenoxy) is 1. The van der Waals surface area contributed by atoms with E-state index in [9.17, 15) is 8.42 Å². The summed E-state index contributed by atoms with van der Waals surface area (Å²) in [4.78, 5) is 4.19. The summed E-state index contributed by atoms with van der Waals surface area (Å²) in [5.41, 5.74) is 0. The van der Waals surface area contributed by atoms with E-state index in [-0.39, 0.29) is 17.1 Å². The van der Waals surface area contributed by atoms with Crippen molar-refractivity contribution in [1.29, 1.82) is 0 Å². The fraction of sp³-hybridized carbons (Fsp3) is 0.615. The van der Waals surface area contributed by atoms with Gasteiger partial charge < -0.3 is 10.1 Å². The molecule has 1 N–H and O–H groups in total. The summed E-state index contributed by atoms with van der Waals surface area (Å²) in [7, 11) is -3.60. The molecule has 6 nitrogen and oxygen atoms in total. The van der Waals surface area contributed by atoms with Gasteiger partial charge in [-0.15, -0.1) is 0 Å². The summed E-state index contributed by atoms with van der Waals surface area (Å²) in [6.45, 7) is 6.96. The Morgan fingerprint density at radius 1 is 1.43 bits per heavy atom. The number of nitrogens with zero attached hydrogens (tertiary/aromatic N) is 2. The van der Waals surface area contributed by atoms with Crippen LogP contribution >= 0.6 is 11.6 Å². The summed E-state index contributed by atoms with van der Waals surface area (Å²) in [5.74, 6) is 0.488. The molecule has 8 heteroatoms. The fourth-order valence-electron chi connectivity index (χ4n) is 2.33. The smallest absolute Gasteiger partial charge is 0.244 e. The van der Waals surface area contributed by atoms with E-state index in [0.29, 0.717) is 30.5 Å². The molecular weight excluding hydrogens is 314 g/mol. The summed E-state index contributed by atoms with van der Waals surface area (Å²) >= 11 is 6.08. The van der Waals surface area contributed by atoms with Crippen molar-refractivity contribution in [3.05, 3.63) is 17.3 Å². The van der Waals surface area contributed by atoms with Crippen LogP contribution in [-0.4, -0.2) is 49.5 Å². The molecule has 21 heavy (non-hydrogen) atoms. The minimum Gasteiger partial charge on any atom is -0.373 e. The van der Waals surface area contributed by atoms with E-state index >= 15 is 0 Å². The number of rotatable bonds is 4. The Morgan fingerprint density at radius 2 is 2.05 bits per heavy atom. The van der Waals surface area contributed by atoms with E-state index in [2.05, 4.69) is 10.3 Å². The van der Waals surface area contributed by atoms with Crippen molar-refractivity contribution in [2.24, 2.45) is 0 Å². The highest BCUT2D eigenvalue weighted by atomic mass is 35.5. The Kier molecular flexibility index (Phi) is 5.08. The standard InChI is InChI=1S/C13H20ClN3O3S/c1-4-15-13-12(14)5-11(6-16-13)21(18,19)17-7-9(2)20-10(3)8-17/h5-6,9-10H,4,7-8H2,1-3H3,(H,15,16). The zero-order valence-electron chi connectivity index (χ0n) is 12.3. The third-order valence-corrected chi connectivity index (χ3v) is 5.27. The van der Waals surface area contributed by atoms with Crippen LogP contribution in [0, 0.1) is 0 Å². The molecule has 1 aromatic rings. The van der Waals surface area contributed by atoms with Gasteiger partial charge in [0.2, 0.25) is 10.0 Å². The van der Waals surface area contributed by atoms with Gasteiger partial charge in [-0.05, 0) is 26.8 Å². The molecule has 1 saturated heterocycles. The highest BCUT2D eigenvalue weighted by Crippen LogP contribution is 2.26. The van der Waals surface area contributed by atoms with Gasteiger partial charge in [0.05, 0.1) is 17.2 Å². The summed E-state index contributed by atoms with van der Waals surface area (Å²) < 4.78 is 32.3. The van der Waals surface area contributed by atoms with Crippen molar-refractivity contribution in [2.45, 2.75) is 37.9 Å². The maximum atomic E-state index is 12.7. The second-order valence-electron chi connectivity index (χ2n) is 5.11. The van der Waals surface area contributed by atoms with Crippen LogP contribution < -0.4 is 5.32 Å².